The van der Waals surface area contributed by atoms with E-state index in [2.05, 4.69) is 46.2 Å². The summed E-state index contributed by atoms with van der Waals surface area (Å²) in [7, 11) is 1.69. The van der Waals surface area contributed by atoms with Crippen molar-refractivity contribution in [3.63, 3.8) is 0 Å². The summed E-state index contributed by atoms with van der Waals surface area (Å²) < 4.78 is 5.23. The van der Waals surface area contributed by atoms with Crippen molar-refractivity contribution in [2.45, 2.75) is 19.4 Å². The lowest BCUT2D eigenvalue weighted by molar-refractivity contribution is -0.132. The average Bonchev–Trinajstić information content (AvgIpc) is 2.77. The van der Waals surface area contributed by atoms with Gasteiger partial charge in [0.15, 0.2) is 0 Å². The Morgan fingerprint density at radius 1 is 0.929 bits per heavy atom. The van der Waals surface area contributed by atoms with Gasteiger partial charge in [-0.05, 0) is 41.8 Å². The Bertz CT molecular complexity index is 798. The lowest BCUT2D eigenvalue weighted by atomic mass is 10.00. The van der Waals surface area contributed by atoms with Crippen LogP contribution in [0, 0.1) is 0 Å². The van der Waals surface area contributed by atoms with Crippen LogP contribution in [0.4, 0.5) is 5.69 Å². The van der Waals surface area contributed by atoms with Crippen LogP contribution in [0.3, 0.4) is 0 Å². The Labute approximate surface area is 167 Å². The zero-order valence-corrected chi connectivity index (χ0v) is 16.6. The predicted octanol–water partition coefficient (Wildman–Crippen LogP) is 2.79. The Balaban J connectivity index is 1.22. The Morgan fingerprint density at radius 2 is 1.64 bits per heavy atom. The maximum Gasteiger partial charge on any atom is 0.224 e. The summed E-state index contributed by atoms with van der Waals surface area (Å²) in [4.78, 5) is 19.5. The van der Waals surface area contributed by atoms with Gasteiger partial charge in [0.2, 0.25) is 5.91 Å². The van der Waals surface area contributed by atoms with E-state index in [1.807, 2.05) is 17.0 Å². The van der Waals surface area contributed by atoms with Crippen molar-refractivity contribution in [1.29, 1.82) is 0 Å². The van der Waals surface area contributed by atoms with Gasteiger partial charge in [0.05, 0.1) is 7.11 Å². The highest BCUT2D eigenvalue weighted by atomic mass is 16.5. The summed E-state index contributed by atoms with van der Waals surface area (Å²) in [5, 5.41) is 0. The van der Waals surface area contributed by atoms with E-state index in [9.17, 15) is 4.79 Å². The van der Waals surface area contributed by atoms with Gasteiger partial charge in [0.25, 0.3) is 0 Å². The molecule has 0 spiro atoms. The highest BCUT2D eigenvalue weighted by Gasteiger charge is 2.22. The van der Waals surface area contributed by atoms with Gasteiger partial charge in [-0.25, -0.2) is 0 Å². The first-order chi connectivity index (χ1) is 13.7. The van der Waals surface area contributed by atoms with Gasteiger partial charge in [0.1, 0.15) is 5.75 Å². The molecule has 0 atom stereocenters. The highest BCUT2D eigenvalue weighted by Crippen LogP contribution is 2.21. The number of carbonyl (C=O) groups is 1. The normalized spacial score (nSPS) is 17.3. The van der Waals surface area contributed by atoms with E-state index in [1.165, 1.54) is 16.8 Å². The van der Waals surface area contributed by atoms with Crippen LogP contribution in [0.15, 0.2) is 48.5 Å². The largest absolute Gasteiger partial charge is 0.497 e. The van der Waals surface area contributed by atoms with Crippen LogP contribution in [0.1, 0.15) is 17.5 Å². The molecule has 0 aromatic heterocycles. The monoisotopic (exact) mass is 379 g/mol. The molecule has 1 fully saturated rings. The van der Waals surface area contributed by atoms with Crippen LogP contribution in [-0.4, -0.2) is 62.1 Å². The number of amides is 1. The maximum atomic E-state index is 12.7. The fraction of sp³-hybridized carbons (Fsp3) is 0.435. The Kier molecular flexibility index (Phi) is 5.81. The molecule has 28 heavy (non-hydrogen) atoms. The van der Waals surface area contributed by atoms with Crippen molar-refractivity contribution in [2.24, 2.45) is 0 Å². The second kappa shape index (κ2) is 8.65. The zero-order valence-electron chi connectivity index (χ0n) is 16.6. The summed E-state index contributed by atoms with van der Waals surface area (Å²) in [5.41, 5.74) is 3.93. The molecule has 2 aromatic carbocycles. The molecule has 5 heteroatoms. The van der Waals surface area contributed by atoms with Gasteiger partial charge in [0, 0.05) is 57.9 Å². The van der Waals surface area contributed by atoms with Gasteiger partial charge in [-0.2, -0.15) is 0 Å². The molecular weight excluding hydrogens is 350 g/mol. The molecular formula is C23H29N3O2. The number of nitrogens with zero attached hydrogens (tertiary/aromatic N) is 3. The maximum absolute atomic E-state index is 12.7. The van der Waals surface area contributed by atoms with Gasteiger partial charge in [-0.15, -0.1) is 0 Å². The third kappa shape index (κ3) is 4.30. The lowest BCUT2D eigenvalue weighted by Crippen LogP contribution is -2.47. The van der Waals surface area contributed by atoms with E-state index < -0.39 is 0 Å². The molecule has 2 aliphatic heterocycles. The molecule has 2 aromatic rings. The number of piperazine rings is 1. The molecule has 0 radical (unpaired) electrons. The first-order valence-corrected chi connectivity index (χ1v) is 10.2. The Hall–Kier alpha value is -2.53. The third-order valence-corrected chi connectivity index (χ3v) is 5.94. The van der Waals surface area contributed by atoms with Crippen molar-refractivity contribution in [2.75, 3.05) is 51.3 Å². The van der Waals surface area contributed by atoms with Gasteiger partial charge in [-0.3, -0.25) is 9.69 Å². The molecule has 0 N–H and O–H groups in total. The zero-order chi connectivity index (χ0) is 19.3. The van der Waals surface area contributed by atoms with E-state index in [4.69, 9.17) is 4.74 Å². The number of methoxy groups -OCH3 is 1. The summed E-state index contributed by atoms with van der Waals surface area (Å²) in [6.07, 6.45) is 1.59. The number of hydrogen-bond acceptors (Lipinski definition) is 4. The fourth-order valence-electron chi connectivity index (χ4n) is 4.14. The van der Waals surface area contributed by atoms with E-state index in [1.54, 1.807) is 7.11 Å². The van der Waals surface area contributed by atoms with E-state index in [0.717, 1.165) is 58.0 Å². The number of rotatable bonds is 5. The van der Waals surface area contributed by atoms with Gasteiger partial charge >= 0.3 is 0 Å². The van der Waals surface area contributed by atoms with E-state index in [0.29, 0.717) is 6.42 Å². The van der Waals surface area contributed by atoms with Gasteiger partial charge < -0.3 is 14.5 Å². The average molecular weight is 380 g/mol. The van der Waals surface area contributed by atoms with E-state index >= 15 is 0 Å². The minimum Gasteiger partial charge on any atom is -0.497 e. The minimum atomic E-state index is 0.284. The first kappa shape index (κ1) is 18.8. The van der Waals surface area contributed by atoms with Crippen LogP contribution in [0.5, 0.6) is 5.75 Å². The molecule has 2 aliphatic rings. The molecule has 0 bridgehead atoms. The molecule has 0 aliphatic carbocycles. The SMILES string of the molecule is COc1ccc(N2CCN(CCC(=O)N3CCc4ccccc4C3)CC2)cc1. The number of anilines is 1. The summed E-state index contributed by atoms with van der Waals surface area (Å²) in [5.74, 6) is 1.17. The quantitative estimate of drug-likeness (QED) is 0.800. The second-order valence-electron chi connectivity index (χ2n) is 7.61. The smallest absolute Gasteiger partial charge is 0.224 e. The number of hydrogen-bond donors (Lipinski definition) is 0. The Morgan fingerprint density at radius 3 is 2.36 bits per heavy atom. The molecule has 5 nitrogen and oxygen atoms in total. The molecule has 4 rings (SSSR count). The third-order valence-electron chi connectivity index (χ3n) is 5.94. The van der Waals surface area contributed by atoms with Crippen LogP contribution in [0.2, 0.25) is 0 Å². The molecule has 1 saturated heterocycles. The van der Waals surface area contributed by atoms with Gasteiger partial charge in [-0.1, -0.05) is 24.3 Å². The summed E-state index contributed by atoms with van der Waals surface area (Å²) in [6.45, 7) is 6.47. The molecule has 1 amide bonds. The molecule has 0 saturated carbocycles. The van der Waals surface area contributed by atoms with E-state index in [-0.39, 0.29) is 5.91 Å². The van der Waals surface area contributed by atoms with Crippen molar-refractivity contribution in [3.05, 3.63) is 59.7 Å². The second-order valence-corrected chi connectivity index (χ2v) is 7.61. The van der Waals surface area contributed by atoms with Crippen LogP contribution >= 0.6 is 0 Å². The lowest BCUT2D eigenvalue weighted by Gasteiger charge is -2.36. The predicted molar refractivity (Wildman–Crippen MR) is 112 cm³/mol. The van der Waals surface area contributed by atoms with Crippen LogP contribution in [-0.2, 0) is 17.8 Å². The topological polar surface area (TPSA) is 36.0 Å². The van der Waals surface area contributed by atoms with Crippen molar-refractivity contribution in [3.8, 4) is 5.75 Å². The summed E-state index contributed by atoms with van der Waals surface area (Å²) in [6, 6.07) is 16.7. The highest BCUT2D eigenvalue weighted by molar-refractivity contribution is 5.76. The van der Waals surface area contributed by atoms with Crippen molar-refractivity contribution in [1.82, 2.24) is 9.80 Å². The number of carbonyl (C=O) groups excluding carboxylic acids is 1. The number of ether oxygens (including phenoxy) is 1. The van der Waals surface area contributed by atoms with Crippen LogP contribution in [0.25, 0.3) is 0 Å². The molecule has 0 unspecified atom stereocenters. The summed E-state index contributed by atoms with van der Waals surface area (Å²) >= 11 is 0. The molecule has 148 valence electrons. The standard InChI is InChI=1S/C23H29N3O2/c1-28-22-8-6-21(7-9-22)25-16-14-24(15-17-25)12-11-23(27)26-13-10-19-4-2-3-5-20(19)18-26/h2-9H,10-18H2,1H3. The number of benzene rings is 2. The number of fused-ring (bicyclic) bond motifs is 1. The first-order valence-electron chi connectivity index (χ1n) is 10.2. The minimum absolute atomic E-state index is 0.284. The fourth-order valence-corrected chi connectivity index (χ4v) is 4.14. The van der Waals surface area contributed by atoms with Crippen LogP contribution < -0.4 is 9.64 Å². The molecule has 2 heterocycles. The van der Waals surface area contributed by atoms with Crippen molar-refractivity contribution >= 4 is 11.6 Å². The van der Waals surface area contributed by atoms with Crippen molar-refractivity contribution < 1.29 is 9.53 Å².